The first kappa shape index (κ1) is 12.5. The summed E-state index contributed by atoms with van der Waals surface area (Å²) in [6, 6.07) is 1.39. The summed E-state index contributed by atoms with van der Waals surface area (Å²) < 4.78 is 3.37. The minimum absolute atomic E-state index is 0.133. The molecule has 2 heterocycles. The van der Waals surface area contributed by atoms with Crippen LogP contribution in [0.4, 0.5) is 0 Å². The Hall–Kier alpha value is -1.95. The first-order valence-corrected chi connectivity index (χ1v) is 5.82. The Morgan fingerprint density at radius 3 is 2.89 bits per heavy atom. The van der Waals surface area contributed by atoms with Crippen molar-refractivity contribution in [3.8, 4) is 5.69 Å². The third kappa shape index (κ3) is 2.65. The average Bonchev–Trinajstić information content (AvgIpc) is 2.77. The number of aliphatic hydroxyl groups excluding tert-OH is 1. The third-order valence-corrected chi connectivity index (χ3v) is 2.47. The molecule has 0 radical (unpaired) electrons. The fourth-order valence-corrected chi connectivity index (χ4v) is 1.65. The second-order valence-corrected chi connectivity index (χ2v) is 4.54. The largest absolute Gasteiger partial charge is 0.390 e. The van der Waals surface area contributed by atoms with Crippen molar-refractivity contribution in [3.05, 3.63) is 40.6 Å². The second kappa shape index (κ2) is 5.14. The molecule has 0 fully saturated rings. The van der Waals surface area contributed by atoms with Crippen LogP contribution < -0.4 is 5.43 Å². The number of hydrogen-bond acceptors (Lipinski definition) is 4. The van der Waals surface area contributed by atoms with E-state index in [1.165, 1.54) is 10.7 Å². The van der Waals surface area contributed by atoms with E-state index in [-0.39, 0.29) is 17.7 Å². The zero-order valence-electron chi connectivity index (χ0n) is 10.4. The third-order valence-electron chi connectivity index (χ3n) is 2.47. The van der Waals surface area contributed by atoms with Gasteiger partial charge in [-0.15, -0.1) is 0 Å². The van der Waals surface area contributed by atoms with Crippen LogP contribution >= 0.6 is 0 Å². The van der Waals surface area contributed by atoms with Crippen molar-refractivity contribution in [1.29, 1.82) is 0 Å². The molecular formula is C12H16N4O2. The van der Waals surface area contributed by atoms with Gasteiger partial charge in [0.05, 0.1) is 19.0 Å². The molecule has 1 N–H and O–H groups in total. The lowest BCUT2D eigenvalue weighted by molar-refractivity contribution is 0.273. The molecule has 6 nitrogen and oxygen atoms in total. The first-order chi connectivity index (χ1) is 8.60. The fraction of sp³-hybridized carbons (Fsp3) is 0.417. The quantitative estimate of drug-likeness (QED) is 0.859. The van der Waals surface area contributed by atoms with Crippen LogP contribution in [0.25, 0.3) is 5.69 Å². The van der Waals surface area contributed by atoms with Crippen LogP contribution in [0, 0.1) is 5.92 Å². The van der Waals surface area contributed by atoms with E-state index in [4.69, 9.17) is 5.11 Å². The minimum Gasteiger partial charge on any atom is -0.390 e. The smallest absolute Gasteiger partial charge is 0.205 e. The molecule has 0 spiro atoms. The van der Waals surface area contributed by atoms with Crippen molar-refractivity contribution >= 4 is 0 Å². The lowest BCUT2D eigenvalue weighted by Gasteiger charge is -2.04. The van der Waals surface area contributed by atoms with Gasteiger partial charge in [0.1, 0.15) is 11.4 Å². The highest BCUT2D eigenvalue weighted by Crippen LogP contribution is 2.06. The molecule has 0 aliphatic carbocycles. The van der Waals surface area contributed by atoms with E-state index in [1.54, 1.807) is 12.4 Å². The maximum atomic E-state index is 11.3. The monoisotopic (exact) mass is 248 g/mol. The van der Waals surface area contributed by atoms with E-state index < -0.39 is 0 Å². The van der Waals surface area contributed by atoms with Gasteiger partial charge in [-0.05, 0) is 5.92 Å². The van der Waals surface area contributed by atoms with Crippen molar-refractivity contribution < 1.29 is 5.11 Å². The highest BCUT2D eigenvalue weighted by atomic mass is 16.3. The lowest BCUT2D eigenvalue weighted by atomic mass is 10.2. The van der Waals surface area contributed by atoms with Crippen LogP contribution in [0.5, 0.6) is 0 Å². The number of nitrogens with zero attached hydrogens (tertiary/aromatic N) is 4. The van der Waals surface area contributed by atoms with Crippen LogP contribution in [0.15, 0.2) is 29.5 Å². The van der Waals surface area contributed by atoms with Gasteiger partial charge >= 0.3 is 0 Å². The molecule has 2 rings (SSSR count). The van der Waals surface area contributed by atoms with Gasteiger partial charge < -0.3 is 5.11 Å². The van der Waals surface area contributed by atoms with Crippen LogP contribution in [0.1, 0.15) is 19.5 Å². The summed E-state index contributed by atoms with van der Waals surface area (Å²) in [7, 11) is 0. The standard InChI is InChI=1S/C12H16N4O2/c1-9(2)6-15-7-10(5-13-15)16-4-3-12(18)11(8-17)14-16/h3-5,7,9,17H,6,8H2,1-2H3. The first-order valence-electron chi connectivity index (χ1n) is 5.82. The van der Waals surface area contributed by atoms with Crippen LogP contribution in [-0.4, -0.2) is 24.7 Å². The summed E-state index contributed by atoms with van der Waals surface area (Å²) in [6.07, 6.45) is 5.11. The maximum absolute atomic E-state index is 11.3. The summed E-state index contributed by atoms with van der Waals surface area (Å²) in [6.45, 7) is 4.69. The van der Waals surface area contributed by atoms with E-state index in [2.05, 4.69) is 24.0 Å². The summed E-state index contributed by atoms with van der Waals surface area (Å²) in [5.74, 6) is 0.507. The van der Waals surface area contributed by atoms with Gasteiger partial charge in [0, 0.05) is 18.8 Å². The van der Waals surface area contributed by atoms with Crippen molar-refractivity contribution in [2.24, 2.45) is 5.92 Å². The fourth-order valence-electron chi connectivity index (χ4n) is 1.65. The summed E-state index contributed by atoms with van der Waals surface area (Å²) in [4.78, 5) is 11.3. The van der Waals surface area contributed by atoms with Crippen LogP contribution in [0.3, 0.4) is 0 Å². The molecule has 0 saturated heterocycles. The van der Waals surface area contributed by atoms with Crippen molar-refractivity contribution in [2.75, 3.05) is 0 Å². The zero-order chi connectivity index (χ0) is 13.1. The molecule has 0 aliphatic rings. The molecule has 96 valence electrons. The van der Waals surface area contributed by atoms with Crippen molar-refractivity contribution in [2.45, 2.75) is 27.0 Å². The van der Waals surface area contributed by atoms with Crippen LogP contribution in [-0.2, 0) is 13.2 Å². The van der Waals surface area contributed by atoms with E-state index in [0.29, 0.717) is 5.92 Å². The van der Waals surface area contributed by atoms with Gasteiger partial charge in [0.2, 0.25) is 5.43 Å². The van der Waals surface area contributed by atoms with Gasteiger partial charge in [-0.25, -0.2) is 4.68 Å². The van der Waals surface area contributed by atoms with Gasteiger partial charge in [-0.3, -0.25) is 9.48 Å². The molecule has 0 aliphatic heterocycles. The van der Waals surface area contributed by atoms with Gasteiger partial charge in [-0.2, -0.15) is 10.2 Å². The van der Waals surface area contributed by atoms with E-state index in [1.807, 2.05) is 10.9 Å². The van der Waals surface area contributed by atoms with Crippen molar-refractivity contribution in [3.63, 3.8) is 0 Å². The Balaban J connectivity index is 2.31. The molecule has 0 bridgehead atoms. The predicted molar refractivity (Wildman–Crippen MR) is 66.4 cm³/mol. The number of hydrogen-bond donors (Lipinski definition) is 1. The molecule has 0 amide bonds. The lowest BCUT2D eigenvalue weighted by Crippen LogP contribution is -2.15. The molecule has 2 aromatic rings. The van der Waals surface area contributed by atoms with Gasteiger partial charge in [0.25, 0.3) is 0 Å². The molecule has 0 aromatic carbocycles. The zero-order valence-corrected chi connectivity index (χ0v) is 10.4. The summed E-state index contributed by atoms with van der Waals surface area (Å²) in [5, 5.41) is 17.3. The number of rotatable bonds is 4. The normalized spacial score (nSPS) is 11.1. The molecule has 0 unspecified atom stereocenters. The van der Waals surface area contributed by atoms with E-state index >= 15 is 0 Å². The second-order valence-electron chi connectivity index (χ2n) is 4.54. The average molecular weight is 248 g/mol. The van der Waals surface area contributed by atoms with E-state index in [9.17, 15) is 4.79 Å². The highest BCUT2D eigenvalue weighted by molar-refractivity contribution is 5.24. The van der Waals surface area contributed by atoms with Crippen LogP contribution in [0.2, 0.25) is 0 Å². The van der Waals surface area contributed by atoms with E-state index in [0.717, 1.165) is 12.2 Å². The Kier molecular flexibility index (Phi) is 3.57. The summed E-state index contributed by atoms with van der Waals surface area (Å²) in [5.41, 5.74) is 0.641. The molecule has 2 aromatic heterocycles. The maximum Gasteiger partial charge on any atom is 0.205 e. The minimum atomic E-state index is -0.361. The molecular weight excluding hydrogens is 232 g/mol. The molecule has 0 atom stereocenters. The van der Waals surface area contributed by atoms with Gasteiger partial charge in [-0.1, -0.05) is 13.8 Å². The molecule has 18 heavy (non-hydrogen) atoms. The Morgan fingerprint density at radius 2 is 2.22 bits per heavy atom. The molecule has 0 saturated carbocycles. The Morgan fingerprint density at radius 1 is 1.44 bits per heavy atom. The SMILES string of the molecule is CC(C)Cn1cc(-n2ccc(=O)c(CO)n2)cn1. The number of aromatic nitrogens is 4. The molecule has 6 heteroatoms. The topological polar surface area (TPSA) is 72.9 Å². The van der Waals surface area contributed by atoms with Crippen molar-refractivity contribution in [1.82, 2.24) is 19.6 Å². The van der Waals surface area contributed by atoms with Gasteiger partial charge in [0.15, 0.2) is 0 Å². The Labute approximate surface area is 104 Å². The predicted octanol–water partition coefficient (Wildman–Crippen LogP) is 0.577. The Bertz CT molecular complexity index is 586. The summed E-state index contributed by atoms with van der Waals surface area (Å²) >= 11 is 0. The number of aliphatic hydroxyl groups is 1. The highest BCUT2D eigenvalue weighted by Gasteiger charge is 2.05.